The van der Waals surface area contributed by atoms with Gasteiger partial charge in [0.05, 0.1) is 16.7 Å². The molecule has 2 N–H and O–H groups in total. The minimum absolute atomic E-state index is 0.496. The molecule has 0 unspecified atom stereocenters. The van der Waals surface area contributed by atoms with E-state index in [1.54, 1.807) is 6.20 Å². The summed E-state index contributed by atoms with van der Waals surface area (Å²) in [6.45, 7) is 0. The van der Waals surface area contributed by atoms with Gasteiger partial charge in [-0.05, 0) is 36.5 Å². The number of para-hydroxylation sites is 2. The summed E-state index contributed by atoms with van der Waals surface area (Å²) < 4.78 is 0. The fourth-order valence-electron chi connectivity index (χ4n) is 2.67. The van der Waals surface area contributed by atoms with Crippen LogP contribution in [0.4, 0.5) is 11.5 Å². The van der Waals surface area contributed by atoms with Crippen LogP contribution in [0.25, 0.3) is 21.8 Å². The second-order valence-electron chi connectivity index (χ2n) is 5.32. The summed E-state index contributed by atoms with van der Waals surface area (Å²) in [5.74, 6) is 0.706. The lowest BCUT2D eigenvalue weighted by Gasteiger charge is -2.14. The number of pyridine rings is 2. The topological polar surface area (TPSA) is 49.8 Å². The zero-order chi connectivity index (χ0) is 16.4. The predicted molar refractivity (Wildman–Crippen MR) is 103 cm³/mol. The Kier molecular flexibility index (Phi) is 3.76. The highest BCUT2D eigenvalue weighted by molar-refractivity contribution is 7.80. The van der Waals surface area contributed by atoms with Crippen LogP contribution in [0.15, 0.2) is 72.9 Å². The Morgan fingerprint density at radius 1 is 0.750 bits per heavy atom. The highest BCUT2D eigenvalue weighted by Gasteiger charge is 2.10. The minimum Gasteiger partial charge on any atom is -0.331 e. The van der Waals surface area contributed by atoms with E-state index >= 15 is 0 Å². The molecule has 116 valence electrons. The van der Waals surface area contributed by atoms with E-state index in [-0.39, 0.29) is 0 Å². The number of anilines is 2. The quantitative estimate of drug-likeness (QED) is 0.416. The van der Waals surface area contributed by atoms with E-state index in [0.29, 0.717) is 10.9 Å². The normalized spacial score (nSPS) is 10.7. The molecule has 0 saturated carbocycles. The summed E-state index contributed by atoms with van der Waals surface area (Å²) in [7, 11) is 0. The van der Waals surface area contributed by atoms with Crippen molar-refractivity contribution in [1.82, 2.24) is 9.97 Å². The number of hydrogen-bond donors (Lipinski definition) is 2. The fraction of sp³-hybridized carbons (Fsp3) is 0. The maximum absolute atomic E-state index is 5.46. The lowest BCUT2D eigenvalue weighted by Crippen LogP contribution is -2.20. The molecule has 5 heteroatoms. The molecule has 2 aromatic carbocycles. The maximum Gasteiger partial charge on any atom is 0.176 e. The Morgan fingerprint density at radius 3 is 2.00 bits per heavy atom. The van der Waals surface area contributed by atoms with Crippen molar-refractivity contribution in [3.05, 3.63) is 72.9 Å². The highest BCUT2D eigenvalue weighted by Crippen LogP contribution is 2.30. The van der Waals surface area contributed by atoms with Crippen molar-refractivity contribution >= 4 is 50.6 Å². The van der Waals surface area contributed by atoms with Crippen molar-refractivity contribution < 1.29 is 0 Å². The average Bonchev–Trinajstić information content (AvgIpc) is 2.62. The molecule has 0 atom stereocenters. The molecule has 0 spiro atoms. The van der Waals surface area contributed by atoms with E-state index < -0.39 is 0 Å². The molecule has 4 nitrogen and oxygen atoms in total. The van der Waals surface area contributed by atoms with Gasteiger partial charge < -0.3 is 10.6 Å². The molecule has 0 saturated heterocycles. The van der Waals surface area contributed by atoms with Gasteiger partial charge in [-0.15, -0.1) is 0 Å². The number of nitrogens with one attached hydrogen (secondary N) is 2. The maximum atomic E-state index is 5.46. The van der Waals surface area contributed by atoms with Gasteiger partial charge in [0.25, 0.3) is 0 Å². The molecule has 4 rings (SSSR count). The lowest BCUT2D eigenvalue weighted by molar-refractivity contribution is 1.32. The van der Waals surface area contributed by atoms with Crippen molar-refractivity contribution in [2.45, 2.75) is 0 Å². The van der Waals surface area contributed by atoms with Crippen LogP contribution in [0, 0.1) is 0 Å². The molecule has 0 fully saturated rings. The standard InChI is InChI=1S/C19H14N4S/c24-19(22-17-11-5-6-12-20-17)23-18-13-7-1-3-9-15(13)21-16-10-4-2-8-14(16)18/h1-12H,(H2,20,21,22,23,24). The van der Waals surface area contributed by atoms with Crippen LogP contribution in [-0.4, -0.2) is 15.1 Å². The largest absolute Gasteiger partial charge is 0.331 e. The van der Waals surface area contributed by atoms with Gasteiger partial charge in [0.1, 0.15) is 5.82 Å². The van der Waals surface area contributed by atoms with Crippen molar-refractivity contribution in [3.63, 3.8) is 0 Å². The molecule has 24 heavy (non-hydrogen) atoms. The second kappa shape index (κ2) is 6.22. The van der Waals surface area contributed by atoms with Crippen molar-refractivity contribution in [2.24, 2.45) is 0 Å². The number of nitrogens with zero attached hydrogens (tertiary/aromatic N) is 2. The van der Waals surface area contributed by atoms with Crippen LogP contribution < -0.4 is 10.6 Å². The van der Waals surface area contributed by atoms with Gasteiger partial charge >= 0.3 is 0 Å². The van der Waals surface area contributed by atoms with Crippen LogP contribution in [0.3, 0.4) is 0 Å². The third-order valence-electron chi connectivity index (χ3n) is 3.73. The summed E-state index contributed by atoms with van der Waals surface area (Å²) in [5.41, 5.74) is 2.81. The predicted octanol–water partition coefficient (Wildman–Crippen LogP) is 4.59. The summed E-state index contributed by atoms with van der Waals surface area (Å²) in [5, 5.41) is 8.98. The van der Waals surface area contributed by atoms with Gasteiger partial charge in [-0.1, -0.05) is 42.5 Å². The molecular formula is C19H14N4S. The Hall–Kier alpha value is -3.05. The van der Waals surface area contributed by atoms with Crippen LogP contribution in [0.2, 0.25) is 0 Å². The zero-order valence-electron chi connectivity index (χ0n) is 12.7. The van der Waals surface area contributed by atoms with E-state index in [9.17, 15) is 0 Å². The zero-order valence-corrected chi connectivity index (χ0v) is 13.5. The molecule has 0 aliphatic rings. The van der Waals surface area contributed by atoms with E-state index in [1.165, 1.54) is 0 Å². The van der Waals surface area contributed by atoms with Gasteiger partial charge in [-0.3, -0.25) is 0 Å². The first-order valence-electron chi connectivity index (χ1n) is 7.58. The number of aromatic nitrogens is 2. The molecule has 0 radical (unpaired) electrons. The SMILES string of the molecule is S=C(Nc1ccccn1)Nc1c2ccccc2nc2ccccc12. The Balaban J connectivity index is 1.77. The van der Waals surface area contributed by atoms with Gasteiger partial charge in [0.15, 0.2) is 5.11 Å². The number of thiocarbonyl (C=S) groups is 1. The number of benzene rings is 2. The van der Waals surface area contributed by atoms with Crippen LogP contribution in [0.1, 0.15) is 0 Å². The Labute approximate surface area is 144 Å². The fourth-order valence-corrected chi connectivity index (χ4v) is 2.88. The second-order valence-corrected chi connectivity index (χ2v) is 5.72. The highest BCUT2D eigenvalue weighted by atomic mass is 32.1. The van der Waals surface area contributed by atoms with Crippen molar-refractivity contribution in [3.8, 4) is 0 Å². The molecule has 4 aromatic rings. The molecule has 0 aliphatic heterocycles. The first kappa shape index (κ1) is 14.5. The molecule has 2 aromatic heterocycles. The van der Waals surface area contributed by atoms with E-state index in [4.69, 9.17) is 17.2 Å². The average molecular weight is 330 g/mol. The summed E-state index contributed by atoms with van der Waals surface area (Å²) >= 11 is 5.46. The van der Waals surface area contributed by atoms with Crippen LogP contribution in [-0.2, 0) is 0 Å². The first-order valence-corrected chi connectivity index (χ1v) is 7.98. The van der Waals surface area contributed by atoms with Crippen molar-refractivity contribution in [2.75, 3.05) is 10.6 Å². The third-order valence-corrected chi connectivity index (χ3v) is 3.94. The Bertz CT molecular complexity index is 977. The summed E-state index contributed by atoms with van der Waals surface area (Å²) in [6.07, 6.45) is 1.72. The van der Waals surface area contributed by atoms with Gasteiger partial charge in [-0.2, -0.15) is 0 Å². The monoisotopic (exact) mass is 330 g/mol. The van der Waals surface area contributed by atoms with Gasteiger partial charge in [0.2, 0.25) is 0 Å². The van der Waals surface area contributed by atoms with Crippen molar-refractivity contribution in [1.29, 1.82) is 0 Å². The molecule has 0 amide bonds. The van der Waals surface area contributed by atoms with Gasteiger partial charge in [0, 0.05) is 17.0 Å². The smallest absolute Gasteiger partial charge is 0.176 e. The van der Waals surface area contributed by atoms with E-state index in [1.807, 2.05) is 66.7 Å². The Morgan fingerprint density at radius 2 is 1.38 bits per heavy atom. The molecule has 0 bridgehead atoms. The van der Waals surface area contributed by atoms with Crippen LogP contribution in [0.5, 0.6) is 0 Å². The first-order chi connectivity index (χ1) is 11.8. The minimum atomic E-state index is 0.496. The molecular weight excluding hydrogens is 316 g/mol. The summed E-state index contributed by atoms with van der Waals surface area (Å²) in [4.78, 5) is 8.95. The lowest BCUT2D eigenvalue weighted by atomic mass is 10.1. The summed E-state index contributed by atoms with van der Waals surface area (Å²) in [6, 6.07) is 21.7. The van der Waals surface area contributed by atoms with E-state index in [2.05, 4.69) is 15.6 Å². The third kappa shape index (κ3) is 2.77. The van der Waals surface area contributed by atoms with Crippen LogP contribution >= 0.6 is 12.2 Å². The number of fused-ring (bicyclic) bond motifs is 2. The number of hydrogen-bond acceptors (Lipinski definition) is 3. The van der Waals surface area contributed by atoms with E-state index in [0.717, 1.165) is 27.5 Å². The number of rotatable bonds is 2. The molecule has 0 aliphatic carbocycles. The van der Waals surface area contributed by atoms with Gasteiger partial charge in [-0.25, -0.2) is 9.97 Å². The molecule has 2 heterocycles.